The van der Waals surface area contributed by atoms with Crippen molar-refractivity contribution in [3.8, 4) is 0 Å². The van der Waals surface area contributed by atoms with Crippen LogP contribution in [-0.2, 0) is 9.59 Å². The number of hydrogen-bond acceptors (Lipinski definition) is 2. The summed E-state index contributed by atoms with van der Waals surface area (Å²) in [5.74, 6) is -1.42. The zero-order chi connectivity index (χ0) is 11.4. The Labute approximate surface area is 87.9 Å². The molecule has 4 heteroatoms. The van der Waals surface area contributed by atoms with Crippen molar-refractivity contribution >= 4 is 11.9 Å². The quantitative estimate of drug-likeness (QED) is 0.784. The number of carboxylic acids is 1. The van der Waals surface area contributed by atoms with Crippen LogP contribution in [0.5, 0.6) is 0 Å². The second kappa shape index (κ2) is 4.59. The van der Waals surface area contributed by atoms with Gasteiger partial charge in [0.25, 0.3) is 0 Å². The summed E-state index contributed by atoms with van der Waals surface area (Å²) in [6, 6.07) is 6.05. The number of nitrogens with one attached hydrogen (secondary N) is 1. The summed E-state index contributed by atoms with van der Waals surface area (Å²) in [5, 5.41) is 11.3. The molecular weight excluding hydrogens is 194 g/mol. The maximum atomic E-state index is 10.9. The van der Waals surface area contributed by atoms with Crippen molar-refractivity contribution in [2.24, 2.45) is 0 Å². The van der Waals surface area contributed by atoms with Gasteiger partial charge in [0.05, 0.1) is 0 Å². The fourth-order valence-corrected chi connectivity index (χ4v) is 1.25. The highest BCUT2D eigenvalue weighted by Gasteiger charge is 2.19. The first kappa shape index (κ1) is 11.2. The molecule has 0 spiro atoms. The fraction of sp³-hybridized carbons (Fsp3) is 0.273. The second-order valence-corrected chi connectivity index (χ2v) is 3.38. The number of aliphatic carboxylic acids is 1. The van der Waals surface area contributed by atoms with Gasteiger partial charge in [-0.2, -0.15) is 0 Å². The van der Waals surface area contributed by atoms with Gasteiger partial charge < -0.3 is 10.4 Å². The Balaban J connectivity index is 2.94. The Kier molecular flexibility index (Phi) is 3.44. The smallest absolute Gasteiger partial charge is 0.330 e. The maximum absolute atomic E-state index is 10.9. The molecule has 0 aliphatic heterocycles. The van der Waals surface area contributed by atoms with Gasteiger partial charge in [0.2, 0.25) is 5.91 Å². The van der Waals surface area contributed by atoms with E-state index in [9.17, 15) is 9.59 Å². The third-order valence-electron chi connectivity index (χ3n) is 2.01. The van der Waals surface area contributed by atoms with Crippen molar-refractivity contribution < 1.29 is 14.7 Å². The summed E-state index contributed by atoms with van der Waals surface area (Å²) in [7, 11) is 0. The lowest BCUT2D eigenvalue weighted by atomic mass is 10.1. The minimum Gasteiger partial charge on any atom is -0.479 e. The van der Waals surface area contributed by atoms with E-state index in [0.29, 0.717) is 5.56 Å². The molecule has 0 saturated heterocycles. The van der Waals surface area contributed by atoms with Gasteiger partial charge in [-0.3, -0.25) is 4.79 Å². The Morgan fingerprint density at radius 1 is 1.27 bits per heavy atom. The average molecular weight is 207 g/mol. The molecule has 0 heterocycles. The molecule has 0 aromatic heterocycles. The fourth-order valence-electron chi connectivity index (χ4n) is 1.25. The first-order valence-electron chi connectivity index (χ1n) is 4.57. The number of carbonyl (C=O) groups is 2. The zero-order valence-corrected chi connectivity index (χ0v) is 8.65. The van der Waals surface area contributed by atoms with E-state index in [0.717, 1.165) is 5.56 Å². The summed E-state index contributed by atoms with van der Waals surface area (Å²) in [6.07, 6.45) is 0. The number of benzene rings is 1. The standard InChI is InChI=1S/C11H13NO3/c1-7-3-5-9(6-4-7)10(11(14)15)12-8(2)13/h3-6,10H,1-2H3,(H,12,13)(H,14,15). The van der Waals surface area contributed by atoms with Gasteiger partial charge in [-0.25, -0.2) is 4.79 Å². The van der Waals surface area contributed by atoms with Crippen LogP contribution in [0.15, 0.2) is 24.3 Å². The molecule has 4 nitrogen and oxygen atoms in total. The van der Waals surface area contributed by atoms with Gasteiger partial charge in [0, 0.05) is 6.92 Å². The highest BCUT2D eigenvalue weighted by molar-refractivity contribution is 5.83. The molecule has 0 aliphatic carbocycles. The van der Waals surface area contributed by atoms with Gasteiger partial charge in [-0.05, 0) is 12.5 Å². The number of carboxylic acid groups (broad SMARTS) is 1. The largest absolute Gasteiger partial charge is 0.479 e. The Morgan fingerprint density at radius 3 is 2.20 bits per heavy atom. The van der Waals surface area contributed by atoms with Crippen LogP contribution in [0, 0.1) is 6.92 Å². The molecule has 1 rings (SSSR count). The lowest BCUT2D eigenvalue weighted by Crippen LogP contribution is -2.31. The maximum Gasteiger partial charge on any atom is 0.330 e. The Hall–Kier alpha value is -1.84. The van der Waals surface area contributed by atoms with E-state index in [4.69, 9.17) is 5.11 Å². The molecule has 1 atom stereocenters. The molecular formula is C11H13NO3. The molecule has 1 amide bonds. The van der Waals surface area contributed by atoms with Crippen molar-refractivity contribution in [2.75, 3.05) is 0 Å². The summed E-state index contributed by atoms with van der Waals surface area (Å²) in [6.45, 7) is 3.21. The molecule has 80 valence electrons. The van der Waals surface area contributed by atoms with Gasteiger partial charge in [-0.1, -0.05) is 29.8 Å². The lowest BCUT2D eigenvalue weighted by Gasteiger charge is -2.13. The molecule has 1 aromatic rings. The van der Waals surface area contributed by atoms with E-state index >= 15 is 0 Å². The highest BCUT2D eigenvalue weighted by Crippen LogP contribution is 2.13. The van der Waals surface area contributed by atoms with Crippen LogP contribution < -0.4 is 5.32 Å². The predicted octanol–water partition coefficient (Wildman–Crippen LogP) is 1.26. The molecule has 0 saturated carbocycles. The molecule has 0 bridgehead atoms. The van der Waals surface area contributed by atoms with Crippen LogP contribution in [0.2, 0.25) is 0 Å². The SMILES string of the molecule is CC(=O)NC(C(=O)O)c1ccc(C)cc1. The van der Waals surface area contributed by atoms with Gasteiger partial charge in [0.15, 0.2) is 6.04 Å². The number of hydrogen-bond donors (Lipinski definition) is 2. The minimum absolute atomic E-state index is 0.358. The first-order chi connectivity index (χ1) is 7.00. The Bertz CT molecular complexity index is 370. The number of amides is 1. The van der Waals surface area contributed by atoms with E-state index in [2.05, 4.69) is 5.32 Å². The molecule has 2 N–H and O–H groups in total. The predicted molar refractivity (Wildman–Crippen MR) is 55.4 cm³/mol. The normalized spacial score (nSPS) is 11.9. The summed E-state index contributed by atoms with van der Waals surface area (Å²) in [4.78, 5) is 21.7. The van der Waals surface area contributed by atoms with Crippen LogP contribution in [0.25, 0.3) is 0 Å². The van der Waals surface area contributed by atoms with Crippen molar-refractivity contribution in [1.82, 2.24) is 5.32 Å². The van der Waals surface area contributed by atoms with Crippen molar-refractivity contribution in [2.45, 2.75) is 19.9 Å². The molecule has 0 aliphatic rings. The molecule has 0 fully saturated rings. The number of rotatable bonds is 3. The Morgan fingerprint density at radius 2 is 1.80 bits per heavy atom. The highest BCUT2D eigenvalue weighted by atomic mass is 16.4. The number of carbonyl (C=O) groups excluding carboxylic acids is 1. The molecule has 15 heavy (non-hydrogen) atoms. The van der Waals surface area contributed by atoms with E-state index in [1.54, 1.807) is 12.1 Å². The van der Waals surface area contributed by atoms with Crippen LogP contribution in [0.1, 0.15) is 24.1 Å². The molecule has 1 unspecified atom stereocenters. The van der Waals surface area contributed by atoms with Crippen LogP contribution in [0.3, 0.4) is 0 Å². The summed E-state index contributed by atoms with van der Waals surface area (Å²) >= 11 is 0. The van der Waals surface area contributed by atoms with Crippen LogP contribution in [0.4, 0.5) is 0 Å². The first-order valence-corrected chi connectivity index (χ1v) is 4.57. The zero-order valence-electron chi connectivity index (χ0n) is 8.65. The monoisotopic (exact) mass is 207 g/mol. The van der Waals surface area contributed by atoms with Crippen LogP contribution >= 0.6 is 0 Å². The van der Waals surface area contributed by atoms with Crippen molar-refractivity contribution in [3.63, 3.8) is 0 Å². The minimum atomic E-state index is -1.06. The van der Waals surface area contributed by atoms with Gasteiger partial charge >= 0.3 is 5.97 Å². The van der Waals surface area contributed by atoms with E-state index in [1.807, 2.05) is 19.1 Å². The third-order valence-corrected chi connectivity index (χ3v) is 2.01. The van der Waals surface area contributed by atoms with Crippen molar-refractivity contribution in [3.05, 3.63) is 35.4 Å². The lowest BCUT2D eigenvalue weighted by molar-refractivity contribution is -0.141. The van der Waals surface area contributed by atoms with E-state index in [-0.39, 0.29) is 5.91 Å². The van der Waals surface area contributed by atoms with Crippen LogP contribution in [-0.4, -0.2) is 17.0 Å². The van der Waals surface area contributed by atoms with E-state index < -0.39 is 12.0 Å². The average Bonchev–Trinajstić information content (AvgIpc) is 2.15. The van der Waals surface area contributed by atoms with Gasteiger partial charge in [-0.15, -0.1) is 0 Å². The summed E-state index contributed by atoms with van der Waals surface area (Å²) in [5.41, 5.74) is 1.62. The number of aryl methyl sites for hydroxylation is 1. The molecule has 1 aromatic carbocycles. The third kappa shape index (κ3) is 3.09. The molecule has 0 radical (unpaired) electrons. The second-order valence-electron chi connectivity index (χ2n) is 3.38. The topological polar surface area (TPSA) is 66.4 Å². The van der Waals surface area contributed by atoms with E-state index in [1.165, 1.54) is 6.92 Å². The summed E-state index contributed by atoms with van der Waals surface area (Å²) < 4.78 is 0. The van der Waals surface area contributed by atoms with Crippen molar-refractivity contribution in [1.29, 1.82) is 0 Å². The van der Waals surface area contributed by atoms with Gasteiger partial charge in [0.1, 0.15) is 0 Å².